The maximum absolute atomic E-state index is 12.6. The predicted octanol–water partition coefficient (Wildman–Crippen LogP) is 3.29. The van der Waals surface area contributed by atoms with Crippen LogP contribution in [0, 0.1) is 5.92 Å². The smallest absolute Gasteiger partial charge is 0.317 e. The Morgan fingerprint density at radius 1 is 1.29 bits per heavy atom. The van der Waals surface area contributed by atoms with Crippen molar-refractivity contribution in [3.8, 4) is 0 Å². The van der Waals surface area contributed by atoms with Crippen molar-refractivity contribution in [1.82, 2.24) is 10.2 Å². The molecule has 132 valence electrons. The van der Waals surface area contributed by atoms with Crippen LogP contribution in [0.25, 0.3) is 0 Å². The second-order valence-corrected chi connectivity index (χ2v) is 6.82. The SMILES string of the molecule is CC1CCCCN(C(=O)NC(CCC(=O)O)Cc2ccccc2)C1. The highest BCUT2D eigenvalue weighted by molar-refractivity contribution is 5.74. The fourth-order valence-electron chi connectivity index (χ4n) is 3.23. The van der Waals surface area contributed by atoms with Gasteiger partial charge < -0.3 is 15.3 Å². The van der Waals surface area contributed by atoms with Crippen LogP contribution in [-0.4, -0.2) is 41.1 Å². The molecule has 2 N–H and O–H groups in total. The molecule has 5 heteroatoms. The summed E-state index contributed by atoms with van der Waals surface area (Å²) in [6.45, 7) is 3.74. The van der Waals surface area contributed by atoms with E-state index in [9.17, 15) is 9.59 Å². The number of carbonyl (C=O) groups excluding carboxylic acids is 1. The number of carboxylic acid groups (broad SMARTS) is 1. The first-order valence-corrected chi connectivity index (χ1v) is 8.85. The van der Waals surface area contributed by atoms with Crippen molar-refractivity contribution in [2.24, 2.45) is 5.92 Å². The molecule has 0 aromatic heterocycles. The van der Waals surface area contributed by atoms with Crippen LogP contribution in [0.1, 0.15) is 44.6 Å². The Kier molecular flexibility index (Phi) is 7.09. The van der Waals surface area contributed by atoms with Gasteiger partial charge in [0.1, 0.15) is 0 Å². The molecule has 1 heterocycles. The van der Waals surface area contributed by atoms with Crippen molar-refractivity contribution in [3.05, 3.63) is 35.9 Å². The van der Waals surface area contributed by atoms with Gasteiger partial charge in [-0.1, -0.05) is 43.7 Å². The molecule has 2 unspecified atom stereocenters. The van der Waals surface area contributed by atoms with Gasteiger partial charge in [0.15, 0.2) is 0 Å². The maximum Gasteiger partial charge on any atom is 0.317 e. The Labute approximate surface area is 144 Å². The molecule has 0 bridgehead atoms. The van der Waals surface area contributed by atoms with Gasteiger partial charge in [-0.25, -0.2) is 4.79 Å². The first kappa shape index (κ1) is 18.3. The van der Waals surface area contributed by atoms with Crippen LogP contribution >= 0.6 is 0 Å². The lowest BCUT2D eigenvalue weighted by molar-refractivity contribution is -0.137. The molecule has 2 amide bonds. The van der Waals surface area contributed by atoms with Crippen molar-refractivity contribution >= 4 is 12.0 Å². The molecule has 1 saturated heterocycles. The monoisotopic (exact) mass is 332 g/mol. The fraction of sp³-hybridized carbons (Fsp3) is 0.579. The van der Waals surface area contributed by atoms with Crippen LogP contribution in [0.2, 0.25) is 0 Å². The minimum Gasteiger partial charge on any atom is -0.481 e. The molecule has 2 atom stereocenters. The summed E-state index contributed by atoms with van der Waals surface area (Å²) < 4.78 is 0. The molecule has 0 radical (unpaired) electrons. The van der Waals surface area contributed by atoms with Gasteiger partial charge >= 0.3 is 12.0 Å². The number of urea groups is 1. The zero-order valence-corrected chi connectivity index (χ0v) is 14.4. The van der Waals surface area contributed by atoms with E-state index < -0.39 is 5.97 Å². The molecule has 0 saturated carbocycles. The molecule has 1 fully saturated rings. The Morgan fingerprint density at radius 3 is 2.75 bits per heavy atom. The first-order chi connectivity index (χ1) is 11.5. The second kappa shape index (κ2) is 9.30. The zero-order chi connectivity index (χ0) is 17.4. The summed E-state index contributed by atoms with van der Waals surface area (Å²) in [6, 6.07) is 9.67. The van der Waals surface area contributed by atoms with E-state index in [4.69, 9.17) is 5.11 Å². The number of nitrogens with one attached hydrogen (secondary N) is 1. The normalized spacial score (nSPS) is 19.4. The molecule has 5 nitrogen and oxygen atoms in total. The largest absolute Gasteiger partial charge is 0.481 e. The minimum absolute atomic E-state index is 0.0601. The van der Waals surface area contributed by atoms with E-state index in [0.717, 1.165) is 37.9 Å². The Bertz CT molecular complexity index is 533. The Hall–Kier alpha value is -2.04. The van der Waals surface area contributed by atoms with E-state index in [2.05, 4.69) is 12.2 Å². The number of carbonyl (C=O) groups is 2. The van der Waals surface area contributed by atoms with Crippen molar-refractivity contribution < 1.29 is 14.7 Å². The topological polar surface area (TPSA) is 69.6 Å². The average Bonchev–Trinajstić information content (AvgIpc) is 2.78. The summed E-state index contributed by atoms with van der Waals surface area (Å²) in [7, 11) is 0. The Morgan fingerprint density at radius 2 is 2.04 bits per heavy atom. The lowest BCUT2D eigenvalue weighted by Gasteiger charge is -2.27. The van der Waals surface area contributed by atoms with Gasteiger partial charge in [-0.05, 0) is 37.2 Å². The third kappa shape index (κ3) is 6.22. The van der Waals surface area contributed by atoms with Gasteiger partial charge in [-0.3, -0.25) is 4.79 Å². The van der Waals surface area contributed by atoms with E-state index >= 15 is 0 Å². The van der Waals surface area contributed by atoms with Gasteiger partial charge in [0, 0.05) is 25.6 Å². The van der Waals surface area contributed by atoms with Crippen LogP contribution < -0.4 is 5.32 Å². The number of nitrogens with zero attached hydrogens (tertiary/aromatic N) is 1. The third-order valence-corrected chi connectivity index (χ3v) is 4.55. The number of benzene rings is 1. The van der Waals surface area contributed by atoms with E-state index in [1.807, 2.05) is 35.2 Å². The van der Waals surface area contributed by atoms with Crippen LogP contribution in [-0.2, 0) is 11.2 Å². The summed E-state index contributed by atoms with van der Waals surface area (Å²) in [4.78, 5) is 25.4. The fourth-order valence-corrected chi connectivity index (χ4v) is 3.23. The number of carboxylic acids is 1. The van der Waals surface area contributed by atoms with E-state index in [0.29, 0.717) is 18.8 Å². The number of hydrogen-bond acceptors (Lipinski definition) is 2. The van der Waals surface area contributed by atoms with Crippen molar-refractivity contribution in [1.29, 1.82) is 0 Å². The summed E-state index contributed by atoms with van der Waals surface area (Å²) in [6.07, 6.45) is 4.53. The zero-order valence-electron chi connectivity index (χ0n) is 14.4. The summed E-state index contributed by atoms with van der Waals surface area (Å²) >= 11 is 0. The quantitative estimate of drug-likeness (QED) is 0.840. The minimum atomic E-state index is -0.828. The van der Waals surface area contributed by atoms with Gasteiger partial charge in [0.2, 0.25) is 0 Å². The standard InChI is InChI=1S/C19H28N2O3/c1-15-7-5-6-12-21(14-15)19(24)20-17(10-11-18(22)23)13-16-8-3-2-4-9-16/h2-4,8-9,15,17H,5-7,10-14H2,1H3,(H,20,24)(H,22,23). The van der Waals surface area contributed by atoms with Crippen molar-refractivity contribution in [2.45, 2.75) is 51.5 Å². The van der Waals surface area contributed by atoms with Crippen LogP contribution in [0.15, 0.2) is 30.3 Å². The molecule has 1 aliphatic rings. The van der Waals surface area contributed by atoms with Gasteiger partial charge in [0.05, 0.1) is 0 Å². The Balaban J connectivity index is 1.97. The number of rotatable bonds is 6. The highest BCUT2D eigenvalue weighted by Gasteiger charge is 2.22. The summed E-state index contributed by atoms with van der Waals surface area (Å²) in [5, 5.41) is 12.0. The van der Waals surface area contributed by atoms with Gasteiger partial charge in [-0.2, -0.15) is 0 Å². The molecule has 2 rings (SSSR count). The molecule has 1 aromatic carbocycles. The second-order valence-electron chi connectivity index (χ2n) is 6.82. The molecule has 24 heavy (non-hydrogen) atoms. The number of hydrogen-bond donors (Lipinski definition) is 2. The average molecular weight is 332 g/mol. The predicted molar refractivity (Wildman–Crippen MR) is 93.9 cm³/mol. The number of aliphatic carboxylic acids is 1. The van der Waals surface area contributed by atoms with Crippen LogP contribution in [0.3, 0.4) is 0 Å². The molecular weight excluding hydrogens is 304 g/mol. The highest BCUT2D eigenvalue weighted by Crippen LogP contribution is 2.16. The maximum atomic E-state index is 12.6. The third-order valence-electron chi connectivity index (χ3n) is 4.55. The lowest BCUT2D eigenvalue weighted by Crippen LogP contribution is -2.47. The van der Waals surface area contributed by atoms with Crippen LogP contribution in [0.5, 0.6) is 0 Å². The molecular formula is C19H28N2O3. The lowest BCUT2D eigenvalue weighted by atomic mass is 10.0. The highest BCUT2D eigenvalue weighted by atomic mass is 16.4. The number of amides is 2. The van der Waals surface area contributed by atoms with E-state index in [1.54, 1.807) is 0 Å². The molecule has 1 aliphatic heterocycles. The molecule has 0 spiro atoms. The number of likely N-dealkylation sites (tertiary alicyclic amines) is 1. The van der Waals surface area contributed by atoms with Crippen LogP contribution in [0.4, 0.5) is 4.79 Å². The van der Waals surface area contributed by atoms with Crippen molar-refractivity contribution in [3.63, 3.8) is 0 Å². The van der Waals surface area contributed by atoms with Crippen molar-refractivity contribution in [2.75, 3.05) is 13.1 Å². The van der Waals surface area contributed by atoms with E-state index in [1.165, 1.54) is 0 Å². The first-order valence-electron chi connectivity index (χ1n) is 8.85. The molecule has 0 aliphatic carbocycles. The summed E-state index contributed by atoms with van der Waals surface area (Å²) in [5.41, 5.74) is 1.11. The van der Waals surface area contributed by atoms with E-state index in [-0.39, 0.29) is 18.5 Å². The molecule has 1 aromatic rings. The summed E-state index contributed by atoms with van der Waals surface area (Å²) in [5.74, 6) is -0.310. The van der Waals surface area contributed by atoms with Gasteiger partial charge in [0.25, 0.3) is 0 Å². The van der Waals surface area contributed by atoms with Gasteiger partial charge in [-0.15, -0.1) is 0 Å².